The molecular weight excluding hydrogens is 399 g/mol. The van der Waals surface area contributed by atoms with Crippen LogP contribution in [0.2, 0.25) is 0 Å². The van der Waals surface area contributed by atoms with Crippen LogP contribution in [-0.4, -0.2) is 62.1 Å². The highest BCUT2D eigenvalue weighted by atomic mass is 127. The van der Waals surface area contributed by atoms with Gasteiger partial charge >= 0.3 is 0 Å². The van der Waals surface area contributed by atoms with E-state index in [1.165, 1.54) is 58.3 Å². The van der Waals surface area contributed by atoms with Crippen LogP contribution in [0.5, 0.6) is 0 Å². The maximum absolute atomic E-state index is 4.49. The van der Waals surface area contributed by atoms with Crippen molar-refractivity contribution in [1.82, 2.24) is 15.1 Å². The van der Waals surface area contributed by atoms with E-state index in [0.717, 1.165) is 25.0 Å². The highest BCUT2D eigenvalue weighted by Gasteiger charge is 2.27. The standard InChI is InChI=1S/C18H36N4.HI/c1-18(2,3)9-7-10-20-17(19-4)22-13-8-16(15-22)14-21-11-5-6-12-21;/h16H,5-15H2,1-4H3,(H,19,20);1H. The first-order valence-corrected chi connectivity index (χ1v) is 9.16. The third-order valence-electron chi connectivity index (χ3n) is 4.90. The third-order valence-corrected chi connectivity index (χ3v) is 4.90. The summed E-state index contributed by atoms with van der Waals surface area (Å²) in [5, 5.41) is 3.56. The molecule has 1 unspecified atom stereocenters. The van der Waals surface area contributed by atoms with Gasteiger partial charge in [0.1, 0.15) is 0 Å². The first-order chi connectivity index (χ1) is 10.5. The Hall–Kier alpha value is -0.0400. The van der Waals surface area contributed by atoms with E-state index < -0.39 is 0 Å². The summed E-state index contributed by atoms with van der Waals surface area (Å²) in [7, 11) is 1.92. The number of nitrogens with one attached hydrogen (secondary N) is 1. The van der Waals surface area contributed by atoms with Gasteiger partial charge in [-0.1, -0.05) is 20.8 Å². The third kappa shape index (κ3) is 7.59. The van der Waals surface area contributed by atoms with Crippen molar-refractivity contribution in [2.24, 2.45) is 16.3 Å². The lowest BCUT2D eigenvalue weighted by atomic mass is 9.91. The maximum Gasteiger partial charge on any atom is 0.193 e. The van der Waals surface area contributed by atoms with E-state index in [1.54, 1.807) is 0 Å². The molecule has 5 heteroatoms. The number of likely N-dealkylation sites (tertiary alicyclic amines) is 2. The van der Waals surface area contributed by atoms with Crippen molar-refractivity contribution < 1.29 is 0 Å². The predicted molar refractivity (Wildman–Crippen MR) is 111 cm³/mol. The monoisotopic (exact) mass is 436 g/mol. The Morgan fingerprint density at radius 3 is 2.48 bits per heavy atom. The fraction of sp³-hybridized carbons (Fsp3) is 0.944. The zero-order valence-electron chi connectivity index (χ0n) is 15.6. The number of guanidine groups is 1. The molecule has 2 saturated heterocycles. The van der Waals surface area contributed by atoms with Gasteiger partial charge in [0.05, 0.1) is 0 Å². The molecular formula is C18H37IN4. The summed E-state index contributed by atoms with van der Waals surface area (Å²) in [5.74, 6) is 1.93. The van der Waals surface area contributed by atoms with Gasteiger partial charge in [0.2, 0.25) is 0 Å². The van der Waals surface area contributed by atoms with Crippen molar-refractivity contribution in [2.45, 2.75) is 52.9 Å². The Kier molecular flexibility index (Phi) is 9.19. The van der Waals surface area contributed by atoms with Gasteiger partial charge in [-0.25, -0.2) is 0 Å². The Morgan fingerprint density at radius 2 is 1.87 bits per heavy atom. The zero-order chi connectivity index (χ0) is 16.0. The summed E-state index contributed by atoms with van der Waals surface area (Å²) in [6, 6.07) is 0. The Balaban J connectivity index is 0.00000264. The Labute approximate surface area is 160 Å². The normalized spacial score (nSPS) is 23.2. The molecule has 4 nitrogen and oxygen atoms in total. The van der Waals surface area contributed by atoms with Crippen molar-refractivity contribution in [3.63, 3.8) is 0 Å². The number of nitrogens with zero attached hydrogens (tertiary/aromatic N) is 3. The van der Waals surface area contributed by atoms with Crippen LogP contribution < -0.4 is 5.32 Å². The molecule has 2 heterocycles. The highest BCUT2D eigenvalue weighted by Crippen LogP contribution is 2.21. The summed E-state index contributed by atoms with van der Waals surface area (Å²) in [6.45, 7) is 14.2. The summed E-state index contributed by atoms with van der Waals surface area (Å²) >= 11 is 0. The summed E-state index contributed by atoms with van der Waals surface area (Å²) in [4.78, 5) is 9.59. The molecule has 2 rings (SSSR count). The molecule has 0 saturated carbocycles. The van der Waals surface area contributed by atoms with Crippen LogP contribution in [-0.2, 0) is 0 Å². The van der Waals surface area contributed by atoms with E-state index in [1.807, 2.05) is 7.05 Å². The van der Waals surface area contributed by atoms with Gasteiger partial charge in [0, 0.05) is 33.2 Å². The summed E-state index contributed by atoms with van der Waals surface area (Å²) < 4.78 is 0. The lowest BCUT2D eigenvalue weighted by molar-refractivity contribution is 0.281. The summed E-state index contributed by atoms with van der Waals surface area (Å²) in [6.07, 6.45) is 6.59. The van der Waals surface area contributed by atoms with Crippen molar-refractivity contribution in [2.75, 3.05) is 46.3 Å². The van der Waals surface area contributed by atoms with Crippen LogP contribution >= 0.6 is 24.0 Å². The number of aliphatic imine (C=N–C) groups is 1. The van der Waals surface area contributed by atoms with E-state index >= 15 is 0 Å². The molecule has 0 amide bonds. The van der Waals surface area contributed by atoms with Gasteiger partial charge in [0.25, 0.3) is 0 Å². The maximum atomic E-state index is 4.49. The first-order valence-electron chi connectivity index (χ1n) is 9.16. The molecule has 0 aromatic carbocycles. The van der Waals surface area contributed by atoms with Gasteiger partial charge < -0.3 is 15.1 Å². The number of halogens is 1. The van der Waals surface area contributed by atoms with Gasteiger partial charge in [-0.15, -0.1) is 24.0 Å². The van der Waals surface area contributed by atoms with Crippen LogP contribution in [0, 0.1) is 11.3 Å². The minimum Gasteiger partial charge on any atom is -0.356 e. The van der Waals surface area contributed by atoms with Crippen molar-refractivity contribution in [3.05, 3.63) is 0 Å². The smallest absolute Gasteiger partial charge is 0.193 e. The molecule has 0 spiro atoms. The lowest BCUT2D eigenvalue weighted by Gasteiger charge is -2.24. The Bertz CT molecular complexity index is 359. The van der Waals surface area contributed by atoms with E-state index in [2.05, 4.69) is 40.9 Å². The van der Waals surface area contributed by atoms with E-state index in [9.17, 15) is 0 Å². The molecule has 2 aliphatic heterocycles. The Morgan fingerprint density at radius 1 is 1.17 bits per heavy atom. The molecule has 0 bridgehead atoms. The van der Waals surface area contributed by atoms with E-state index in [-0.39, 0.29) is 24.0 Å². The van der Waals surface area contributed by atoms with Crippen molar-refractivity contribution >= 4 is 29.9 Å². The molecule has 2 aliphatic rings. The molecule has 136 valence electrons. The molecule has 1 atom stereocenters. The van der Waals surface area contributed by atoms with E-state index in [0.29, 0.717) is 5.41 Å². The fourth-order valence-electron chi connectivity index (χ4n) is 3.66. The molecule has 0 aliphatic carbocycles. The number of hydrogen-bond donors (Lipinski definition) is 1. The molecule has 23 heavy (non-hydrogen) atoms. The molecule has 0 aromatic rings. The van der Waals surface area contributed by atoms with Crippen LogP contribution in [0.1, 0.15) is 52.9 Å². The molecule has 0 radical (unpaired) electrons. The molecule has 2 fully saturated rings. The highest BCUT2D eigenvalue weighted by molar-refractivity contribution is 14.0. The van der Waals surface area contributed by atoms with Crippen LogP contribution in [0.25, 0.3) is 0 Å². The van der Waals surface area contributed by atoms with Gasteiger partial charge in [-0.3, -0.25) is 4.99 Å². The van der Waals surface area contributed by atoms with Crippen LogP contribution in [0.15, 0.2) is 4.99 Å². The van der Waals surface area contributed by atoms with Crippen LogP contribution in [0.3, 0.4) is 0 Å². The second kappa shape index (κ2) is 10.1. The number of rotatable bonds is 5. The average Bonchev–Trinajstić information content (AvgIpc) is 3.10. The predicted octanol–water partition coefficient (Wildman–Crippen LogP) is 3.42. The topological polar surface area (TPSA) is 30.9 Å². The lowest BCUT2D eigenvalue weighted by Crippen LogP contribution is -2.41. The minimum atomic E-state index is 0. The second-order valence-electron chi connectivity index (χ2n) is 8.25. The van der Waals surface area contributed by atoms with Gasteiger partial charge in [-0.2, -0.15) is 0 Å². The SMILES string of the molecule is CN=C(NCCCC(C)(C)C)N1CCC(CN2CCCC2)C1.I. The average molecular weight is 436 g/mol. The molecule has 0 aromatic heterocycles. The fourth-order valence-corrected chi connectivity index (χ4v) is 3.66. The zero-order valence-corrected chi connectivity index (χ0v) is 17.9. The quantitative estimate of drug-likeness (QED) is 0.310. The largest absolute Gasteiger partial charge is 0.356 e. The van der Waals surface area contributed by atoms with Crippen molar-refractivity contribution in [1.29, 1.82) is 0 Å². The van der Waals surface area contributed by atoms with Gasteiger partial charge in [0.15, 0.2) is 5.96 Å². The molecule has 1 N–H and O–H groups in total. The first kappa shape index (κ1) is 21.0. The van der Waals surface area contributed by atoms with Gasteiger partial charge in [-0.05, 0) is 56.5 Å². The second-order valence-corrected chi connectivity index (χ2v) is 8.25. The van der Waals surface area contributed by atoms with E-state index in [4.69, 9.17) is 0 Å². The van der Waals surface area contributed by atoms with Crippen LogP contribution in [0.4, 0.5) is 0 Å². The number of hydrogen-bond acceptors (Lipinski definition) is 2. The van der Waals surface area contributed by atoms with Crippen molar-refractivity contribution in [3.8, 4) is 0 Å². The summed E-state index contributed by atoms with van der Waals surface area (Å²) in [5.41, 5.74) is 0.430. The minimum absolute atomic E-state index is 0.